The van der Waals surface area contributed by atoms with Gasteiger partial charge in [0.1, 0.15) is 5.75 Å². The van der Waals surface area contributed by atoms with Crippen LogP contribution in [-0.4, -0.2) is 48.9 Å². The Kier molecular flexibility index (Phi) is 10.8. The van der Waals surface area contributed by atoms with Crippen molar-refractivity contribution >= 4 is 23.4 Å². The number of nitrogens with one attached hydrogen (secondary N) is 2. The van der Waals surface area contributed by atoms with Crippen LogP contribution in [-0.2, 0) is 14.4 Å². The van der Waals surface area contributed by atoms with Crippen molar-refractivity contribution < 1.29 is 19.1 Å². The molecule has 0 aromatic heterocycles. The molecule has 0 bridgehead atoms. The molecule has 1 atom stereocenters. The van der Waals surface area contributed by atoms with E-state index in [1.807, 2.05) is 20.8 Å². The van der Waals surface area contributed by atoms with Gasteiger partial charge in [-0.1, -0.05) is 26.7 Å². The zero-order chi connectivity index (χ0) is 21.8. The van der Waals surface area contributed by atoms with E-state index in [9.17, 15) is 14.4 Å². The second-order valence-corrected chi connectivity index (χ2v) is 7.36. The van der Waals surface area contributed by atoms with Gasteiger partial charge in [0.15, 0.2) is 0 Å². The van der Waals surface area contributed by atoms with E-state index in [1.165, 1.54) is 0 Å². The Morgan fingerprint density at radius 2 is 1.72 bits per heavy atom. The average Bonchev–Trinajstić information content (AvgIpc) is 2.71. The summed E-state index contributed by atoms with van der Waals surface area (Å²) in [6.07, 6.45) is 3.62. The van der Waals surface area contributed by atoms with Gasteiger partial charge in [0, 0.05) is 17.6 Å². The molecule has 7 heteroatoms. The highest BCUT2D eigenvalue weighted by atomic mass is 16.5. The van der Waals surface area contributed by atoms with Crippen LogP contribution < -0.4 is 15.4 Å². The lowest BCUT2D eigenvalue weighted by atomic mass is 9.97. The zero-order valence-electron chi connectivity index (χ0n) is 18.3. The minimum atomic E-state index is -0.345. The monoisotopic (exact) mass is 405 g/mol. The number of amides is 3. The first-order valence-electron chi connectivity index (χ1n) is 10.3. The number of hydrogen-bond acceptors (Lipinski definition) is 4. The summed E-state index contributed by atoms with van der Waals surface area (Å²) < 4.78 is 5.07. The average molecular weight is 406 g/mol. The van der Waals surface area contributed by atoms with E-state index in [0.29, 0.717) is 11.4 Å². The molecule has 0 fully saturated rings. The quantitative estimate of drug-likeness (QED) is 0.559. The minimum absolute atomic E-state index is 0.00813. The number of carbonyl (C=O) groups excluding carboxylic acids is 3. The van der Waals surface area contributed by atoms with Gasteiger partial charge in [-0.25, -0.2) is 0 Å². The fraction of sp³-hybridized carbons (Fsp3) is 0.591. The van der Waals surface area contributed by atoms with Crippen LogP contribution in [0.4, 0.5) is 5.69 Å². The van der Waals surface area contributed by atoms with Crippen molar-refractivity contribution in [1.29, 1.82) is 0 Å². The lowest BCUT2D eigenvalue weighted by molar-refractivity contribution is -0.141. The smallest absolute Gasteiger partial charge is 0.243 e. The van der Waals surface area contributed by atoms with Crippen molar-refractivity contribution in [3.05, 3.63) is 24.3 Å². The summed E-state index contributed by atoms with van der Waals surface area (Å²) in [5.41, 5.74) is 0.616. The Bertz CT molecular complexity index is 659. The fourth-order valence-corrected chi connectivity index (χ4v) is 2.97. The third-order valence-corrected chi connectivity index (χ3v) is 4.79. The summed E-state index contributed by atoms with van der Waals surface area (Å²) in [5, 5.41) is 5.30. The van der Waals surface area contributed by atoms with Gasteiger partial charge in [-0.15, -0.1) is 0 Å². The third-order valence-electron chi connectivity index (χ3n) is 4.79. The number of benzene rings is 1. The second kappa shape index (κ2) is 12.8. The molecule has 1 aromatic rings. The first-order chi connectivity index (χ1) is 13.8. The number of anilines is 1. The molecule has 0 aliphatic heterocycles. The van der Waals surface area contributed by atoms with E-state index in [2.05, 4.69) is 17.6 Å². The summed E-state index contributed by atoms with van der Waals surface area (Å²) in [5.74, 6) is -0.0426. The van der Waals surface area contributed by atoms with Crippen LogP contribution in [0.5, 0.6) is 5.75 Å². The topological polar surface area (TPSA) is 87.7 Å². The van der Waals surface area contributed by atoms with E-state index in [1.54, 1.807) is 36.3 Å². The number of ether oxygens (including phenoxy) is 1. The summed E-state index contributed by atoms with van der Waals surface area (Å²) >= 11 is 0. The Morgan fingerprint density at radius 1 is 1.07 bits per heavy atom. The molecule has 1 aromatic carbocycles. The molecule has 0 aliphatic carbocycles. The molecule has 1 unspecified atom stereocenters. The predicted octanol–water partition coefficient (Wildman–Crippen LogP) is 3.20. The van der Waals surface area contributed by atoms with Gasteiger partial charge in [-0.3, -0.25) is 14.4 Å². The van der Waals surface area contributed by atoms with Crippen LogP contribution in [0.25, 0.3) is 0 Å². The van der Waals surface area contributed by atoms with Gasteiger partial charge in [-0.2, -0.15) is 0 Å². The third kappa shape index (κ3) is 8.54. The number of rotatable bonds is 12. The molecule has 7 nitrogen and oxygen atoms in total. The first-order valence-corrected chi connectivity index (χ1v) is 10.3. The molecule has 0 saturated carbocycles. The molecule has 1 rings (SSSR count). The number of carbonyl (C=O) groups is 3. The van der Waals surface area contributed by atoms with Crippen LogP contribution in [0.15, 0.2) is 24.3 Å². The fourth-order valence-electron chi connectivity index (χ4n) is 2.97. The van der Waals surface area contributed by atoms with Gasteiger partial charge in [-0.05, 0) is 51.0 Å². The Hall–Kier alpha value is -2.57. The summed E-state index contributed by atoms with van der Waals surface area (Å²) in [7, 11) is 1.57. The van der Waals surface area contributed by atoms with Crippen LogP contribution in [0, 0.1) is 5.92 Å². The van der Waals surface area contributed by atoms with Crippen molar-refractivity contribution in [2.24, 2.45) is 5.92 Å². The van der Waals surface area contributed by atoms with Crippen LogP contribution >= 0.6 is 0 Å². The first kappa shape index (κ1) is 24.5. The lowest BCUT2D eigenvalue weighted by Crippen LogP contribution is -2.47. The minimum Gasteiger partial charge on any atom is -0.497 e. The normalized spacial score (nSPS) is 11.7. The molecule has 0 radical (unpaired) electrons. The lowest BCUT2D eigenvalue weighted by Gasteiger charge is -2.30. The standard InChI is InChI=1S/C22H35N3O4/c1-6-8-9-17(7-2)22(28)25(16(3)4)15-21(27)23-14-20(26)24-18-10-12-19(29-5)13-11-18/h10-13,16-17H,6-9,14-15H2,1-5H3,(H,23,27)(H,24,26). The van der Waals surface area contributed by atoms with Gasteiger partial charge in [0.05, 0.1) is 20.2 Å². The highest BCUT2D eigenvalue weighted by molar-refractivity contribution is 5.95. The van der Waals surface area contributed by atoms with Gasteiger partial charge < -0.3 is 20.3 Å². The highest BCUT2D eigenvalue weighted by Gasteiger charge is 2.26. The molecule has 162 valence electrons. The molecule has 2 N–H and O–H groups in total. The maximum absolute atomic E-state index is 12.8. The van der Waals surface area contributed by atoms with Crippen LogP contribution in [0.3, 0.4) is 0 Å². The van der Waals surface area contributed by atoms with Crippen LogP contribution in [0.1, 0.15) is 53.4 Å². The summed E-state index contributed by atoms with van der Waals surface area (Å²) in [6, 6.07) is 6.83. The van der Waals surface area contributed by atoms with E-state index in [-0.39, 0.29) is 42.8 Å². The number of methoxy groups -OCH3 is 1. The molecular formula is C22H35N3O4. The van der Waals surface area contributed by atoms with Crippen molar-refractivity contribution in [3.63, 3.8) is 0 Å². The highest BCUT2D eigenvalue weighted by Crippen LogP contribution is 2.17. The number of hydrogen-bond donors (Lipinski definition) is 2. The van der Waals surface area contributed by atoms with Crippen molar-refractivity contribution in [3.8, 4) is 5.75 Å². The molecule has 29 heavy (non-hydrogen) atoms. The van der Waals surface area contributed by atoms with Crippen molar-refractivity contribution in [2.75, 3.05) is 25.5 Å². The maximum atomic E-state index is 12.8. The number of unbranched alkanes of at least 4 members (excludes halogenated alkanes) is 1. The molecular weight excluding hydrogens is 370 g/mol. The van der Waals surface area contributed by atoms with Crippen molar-refractivity contribution in [1.82, 2.24) is 10.2 Å². The zero-order valence-corrected chi connectivity index (χ0v) is 18.3. The summed E-state index contributed by atoms with van der Waals surface area (Å²) in [6.45, 7) is 7.69. The maximum Gasteiger partial charge on any atom is 0.243 e. The second-order valence-electron chi connectivity index (χ2n) is 7.36. The van der Waals surface area contributed by atoms with Gasteiger partial charge in [0.25, 0.3) is 0 Å². The molecule has 0 saturated heterocycles. The Morgan fingerprint density at radius 3 is 2.24 bits per heavy atom. The molecule has 0 spiro atoms. The largest absolute Gasteiger partial charge is 0.497 e. The number of nitrogens with zero attached hydrogens (tertiary/aromatic N) is 1. The Balaban J connectivity index is 2.55. The van der Waals surface area contributed by atoms with E-state index in [0.717, 1.165) is 25.7 Å². The molecule has 0 aliphatic rings. The molecule has 3 amide bonds. The molecule has 0 heterocycles. The van der Waals surface area contributed by atoms with Crippen LogP contribution in [0.2, 0.25) is 0 Å². The van der Waals surface area contributed by atoms with E-state index < -0.39 is 0 Å². The van der Waals surface area contributed by atoms with E-state index >= 15 is 0 Å². The van der Waals surface area contributed by atoms with E-state index in [4.69, 9.17) is 4.74 Å². The Labute approximate surface area is 174 Å². The van der Waals surface area contributed by atoms with Crippen molar-refractivity contribution in [2.45, 2.75) is 59.4 Å². The van der Waals surface area contributed by atoms with Gasteiger partial charge >= 0.3 is 0 Å². The van der Waals surface area contributed by atoms with Gasteiger partial charge in [0.2, 0.25) is 17.7 Å². The SMILES string of the molecule is CCCCC(CC)C(=O)N(CC(=O)NCC(=O)Nc1ccc(OC)cc1)C(C)C. The predicted molar refractivity (Wildman–Crippen MR) is 115 cm³/mol. The summed E-state index contributed by atoms with van der Waals surface area (Å²) in [4.78, 5) is 38.8.